The molecule has 0 aliphatic carbocycles. The van der Waals surface area contributed by atoms with Crippen molar-refractivity contribution in [1.29, 1.82) is 0 Å². The Bertz CT molecular complexity index is 1290. The second kappa shape index (κ2) is 8.49. The molecular weight excluding hydrogens is 430 g/mol. The molecule has 0 fully saturated rings. The molecule has 10 heteroatoms. The van der Waals surface area contributed by atoms with Gasteiger partial charge in [-0.05, 0) is 36.4 Å². The summed E-state index contributed by atoms with van der Waals surface area (Å²) in [4.78, 5) is 36.0. The molecule has 0 bridgehead atoms. The minimum Gasteiger partial charge on any atom is -0.483 e. The van der Waals surface area contributed by atoms with Crippen molar-refractivity contribution >= 4 is 40.1 Å². The number of H-pyrrole nitrogens is 1. The summed E-state index contributed by atoms with van der Waals surface area (Å²) in [6, 6.07) is 8.29. The van der Waals surface area contributed by atoms with E-state index in [1.54, 1.807) is 6.07 Å². The molecule has 4 rings (SSSR count). The van der Waals surface area contributed by atoms with Crippen molar-refractivity contribution in [3.8, 4) is 5.75 Å². The highest BCUT2D eigenvalue weighted by molar-refractivity contribution is 6.31. The maximum Gasteiger partial charge on any atom is 0.262 e. The number of anilines is 1. The van der Waals surface area contributed by atoms with Crippen molar-refractivity contribution in [3.63, 3.8) is 0 Å². The van der Waals surface area contributed by atoms with Crippen molar-refractivity contribution in [3.05, 3.63) is 82.8 Å². The molecule has 0 radical (unpaired) electrons. The number of rotatable bonds is 6. The van der Waals surface area contributed by atoms with Gasteiger partial charge in [0.1, 0.15) is 17.4 Å². The smallest absolute Gasteiger partial charge is 0.262 e. The Morgan fingerprint density at radius 2 is 1.84 bits per heavy atom. The number of pyridine rings is 1. The molecule has 0 saturated heterocycles. The average molecular weight is 443 g/mol. The molecule has 2 aromatic carbocycles. The van der Waals surface area contributed by atoms with Crippen LogP contribution in [0, 0.1) is 11.6 Å². The standard InChI is InChI=1S/C21H13ClF2N4O3/c22-12-1-2-18(16(5-12)20(30)11-3-13(23)6-14(24)4-11)31-9-19(29)28-15-7-17-21(25-8-15)27-10-26-17/h1-8,10H,9H2,(H,28,29)(H,25,26,27). The van der Waals surface area contributed by atoms with Gasteiger partial charge >= 0.3 is 0 Å². The number of halogens is 3. The number of aromatic amines is 1. The van der Waals surface area contributed by atoms with Gasteiger partial charge in [-0.3, -0.25) is 9.59 Å². The normalized spacial score (nSPS) is 10.8. The zero-order chi connectivity index (χ0) is 22.0. The Labute approximate surface area is 179 Å². The summed E-state index contributed by atoms with van der Waals surface area (Å²) in [6.07, 6.45) is 2.92. The van der Waals surface area contributed by atoms with Gasteiger partial charge in [-0.1, -0.05) is 11.6 Å². The summed E-state index contributed by atoms with van der Waals surface area (Å²) >= 11 is 5.97. The Balaban J connectivity index is 1.50. The third kappa shape index (κ3) is 4.67. The number of imidazole rings is 1. The largest absolute Gasteiger partial charge is 0.483 e. The topological polar surface area (TPSA) is 97.0 Å². The molecule has 1 amide bonds. The number of carbonyl (C=O) groups is 2. The number of ether oxygens (including phenoxy) is 1. The van der Waals surface area contributed by atoms with Gasteiger partial charge in [0.25, 0.3) is 5.91 Å². The molecule has 2 aromatic heterocycles. The van der Waals surface area contributed by atoms with Crippen LogP contribution < -0.4 is 10.1 Å². The number of amides is 1. The minimum absolute atomic E-state index is 0.0363. The lowest BCUT2D eigenvalue weighted by Gasteiger charge is -2.12. The van der Waals surface area contributed by atoms with Gasteiger partial charge in [-0.15, -0.1) is 0 Å². The highest BCUT2D eigenvalue weighted by Gasteiger charge is 2.18. The first-order valence-corrected chi connectivity index (χ1v) is 9.29. The van der Waals surface area contributed by atoms with Crippen LogP contribution in [-0.2, 0) is 4.79 Å². The Morgan fingerprint density at radius 3 is 2.61 bits per heavy atom. The molecule has 0 atom stereocenters. The lowest BCUT2D eigenvalue weighted by Crippen LogP contribution is -2.21. The molecule has 0 spiro atoms. The lowest BCUT2D eigenvalue weighted by molar-refractivity contribution is -0.118. The maximum absolute atomic E-state index is 13.5. The number of ketones is 1. The summed E-state index contributed by atoms with van der Waals surface area (Å²) in [5.74, 6) is -2.96. The van der Waals surface area contributed by atoms with Gasteiger partial charge in [-0.2, -0.15) is 0 Å². The van der Waals surface area contributed by atoms with E-state index in [1.807, 2.05) is 0 Å². The lowest BCUT2D eigenvalue weighted by atomic mass is 10.0. The van der Waals surface area contributed by atoms with Crippen molar-refractivity contribution in [2.24, 2.45) is 0 Å². The SMILES string of the molecule is O=C(COc1ccc(Cl)cc1C(=O)c1cc(F)cc(F)c1)Nc1cnc2nc[nH]c2c1. The summed E-state index contributed by atoms with van der Waals surface area (Å²) in [5, 5.41) is 2.83. The summed E-state index contributed by atoms with van der Waals surface area (Å²) in [5.41, 5.74) is 1.32. The van der Waals surface area contributed by atoms with Crippen molar-refractivity contribution in [1.82, 2.24) is 15.0 Å². The molecule has 2 N–H and O–H groups in total. The summed E-state index contributed by atoms with van der Waals surface area (Å²) in [7, 11) is 0. The summed E-state index contributed by atoms with van der Waals surface area (Å²) < 4.78 is 32.5. The maximum atomic E-state index is 13.5. The van der Waals surface area contributed by atoms with Crippen LogP contribution in [0.25, 0.3) is 11.2 Å². The number of aromatic nitrogens is 3. The van der Waals surface area contributed by atoms with Crippen LogP contribution in [0.5, 0.6) is 5.75 Å². The predicted octanol–water partition coefficient (Wildman–Crippen LogP) is 4.14. The van der Waals surface area contributed by atoms with Gasteiger partial charge in [0.15, 0.2) is 18.0 Å². The third-order valence-corrected chi connectivity index (χ3v) is 4.46. The van der Waals surface area contributed by atoms with Crippen LogP contribution in [-0.4, -0.2) is 33.2 Å². The Morgan fingerprint density at radius 1 is 1.06 bits per heavy atom. The fourth-order valence-electron chi connectivity index (χ4n) is 2.88. The van der Waals surface area contributed by atoms with Crippen LogP contribution in [0.4, 0.5) is 14.5 Å². The first kappa shape index (κ1) is 20.4. The number of carbonyl (C=O) groups excluding carboxylic acids is 2. The zero-order valence-electron chi connectivity index (χ0n) is 15.7. The van der Waals surface area contributed by atoms with E-state index >= 15 is 0 Å². The van der Waals surface area contributed by atoms with Crippen LogP contribution >= 0.6 is 11.6 Å². The van der Waals surface area contributed by atoms with E-state index < -0.39 is 29.9 Å². The van der Waals surface area contributed by atoms with Gasteiger partial charge in [0.05, 0.1) is 29.3 Å². The number of fused-ring (bicyclic) bond motifs is 1. The van der Waals surface area contributed by atoms with Gasteiger partial charge in [0, 0.05) is 16.7 Å². The highest BCUT2D eigenvalue weighted by atomic mass is 35.5. The molecule has 0 aliphatic rings. The number of hydrogen-bond donors (Lipinski definition) is 2. The van der Waals surface area contributed by atoms with Crippen molar-refractivity contribution in [2.45, 2.75) is 0 Å². The van der Waals surface area contributed by atoms with E-state index in [0.29, 0.717) is 22.9 Å². The van der Waals surface area contributed by atoms with Gasteiger partial charge in [0.2, 0.25) is 0 Å². The zero-order valence-corrected chi connectivity index (χ0v) is 16.4. The van der Waals surface area contributed by atoms with E-state index in [0.717, 1.165) is 12.1 Å². The fourth-order valence-corrected chi connectivity index (χ4v) is 3.06. The van der Waals surface area contributed by atoms with E-state index in [1.165, 1.54) is 30.7 Å². The fraction of sp³-hybridized carbons (Fsp3) is 0.0476. The van der Waals surface area contributed by atoms with Crippen molar-refractivity contribution in [2.75, 3.05) is 11.9 Å². The summed E-state index contributed by atoms with van der Waals surface area (Å²) in [6.45, 7) is -0.430. The molecule has 31 heavy (non-hydrogen) atoms. The van der Waals surface area contributed by atoms with Crippen LogP contribution in [0.2, 0.25) is 5.02 Å². The number of nitrogens with one attached hydrogen (secondary N) is 2. The second-order valence-electron chi connectivity index (χ2n) is 6.46. The van der Waals surface area contributed by atoms with Gasteiger partial charge < -0.3 is 15.0 Å². The third-order valence-electron chi connectivity index (χ3n) is 4.23. The molecular formula is C21H13ClF2N4O3. The van der Waals surface area contributed by atoms with E-state index in [2.05, 4.69) is 20.3 Å². The minimum atomic E-state index is -0.893. The monoisotopic (exact) mass is 442 g/mol. The van der Waals surface area contributed by atoms with E-state index in [9.17, 15) is 18.4 Å². The molecule has 0 unspecified atom stereocenters. The van der Waals surface area contributed by atoms with Crippen LogP contribution in [0.3, 0.4) is 0 Å². The Kier molecular flexibility index (Phi) is 5.59. The molecule has 0 aliphatic heterocycles. The van der Waals surface area contributed by atoms with E-state index in [-0.39, 0.29) is 21.9 Å². The van der Waals surface area contributed by atoms with E-state index in [4.69, 9.17) is 16.3 Å². The number of nitrogens with zero attached hydrogens (tertiary/aromatic N) is 2. The number of hydrogen-bond acceptors (Lipinski definition) is 5. The first-order chi connectivity index (χ1) is 14.9. The second-order valence-corrected chi connectivity index (χ2v) is 6.90. The van der Waals surface area contributed by atoms with Crippen LogP contribution in [0.15, 0.2) is 55.0 Å². The molecule has 2 heterocycles. The molecule has 7 nitrogen and oxygen atoms in total. The van der Waals surface area contributed by atoms with Crippen LogP contribution in [0.1, 0.15) is 15.9 Å². The first-order valence-electron chi connectivity index (χ1n) is 8.91. The van der Waals surface area contributed by atoms with Gasteiger partial charge in [-0.25, -0.2) is 18.7 Å². The predicted molar refractivity (Wildman–Crippen MR) is 109 cm³/mol. The molecule has 4 aromatic rings. The quantitative estimate of drug-likeness (QED) is 0.437. The highest BCUT2D eigenvalue weighted by Crippen LogP contribution is 2.26. The molecule has 156 valence electrons. The van der Waals surface area contributed by atoms with Crippen molar-refractivity contribution < 1.29 is 23.1 Å². The molecule has 0 saturated carbocycles. The average Bonchev–Trinajstić information content (AvgIpc) is 3.19. The Hall–Kier alpha value is -3.85. The number of benzene rings is 2.